The predicted molar refractivity (Wildman–Crippen MR) is 75.7 cm³/mol. The lowest BCUT2D eigenvalue weighted by atomic mass is 10.3. The van der Waals surface area contributed by atoms with Gasteiger partial charge >= 0.3 is 5.97 Å². The van der Waals surface area contributed by atoms with Crippen LogP contribution in [-0.4, -0.2) is 41.2 Å². The number of carboxylic acids is 1. The van der Waals surface area contributed by atoms with Crippen LogP contribution in [0.1, 0.15) is 32.0 Å². The molecule has 6 nitrogen and oxygen atoms in total. The molecule has 0 radical (unpaired) electrons. The van der Waals surface area contributed by atoms with Gasteiger partial charge in [-0.25, -0.2) is 9.97 Å². The molecule has 0 atom stereocenters. The van der Waals surface area contributed by atoms with Crippen molar-refractivity contribution in [1.29, 1.82) is 0 Å². The molecule has 0 saturated carbocycles. The number of carboxylic acid groups (broad SMARTS) is 1. The average molecular weight is 266 g/mol. The fourth-order valence-electron chi connectivity index (χ4n) is 1.74. The number of carbonyl (C=O) groups is 1. The molecular formula is C13H22N4O2. The van der Waals surface area contributed by atoms with Crippen LogP contribution < -0.4 is 10.2 Å². The van der Waals surface area contributed by atoms with E-state index in [4.69, 9.17) is 5.11 Å². The maximum atomic E-state index is 10.4. The van der Waals surface area contributed by atoms with Crippen LogP contribution in [-0.2, 0) is 4.79 Å². The number of anilines is 2. The third kappa shape index (κ3) is 5.54. The number of nitrogens with one attached hydrogen (secondary N) is 1. The molecule has 0 bridgehead atoms. The van der Waals surface area contributed by atoms with Crippen LogP contribution in [0.3, 0.4) is 0 Å². The molecule has 6 heteroatoms. The summed E-state index contributed by atoms with van der Waals surface area (Å²) in [4.78, 5) is 21.2. The van der Waals surface area contributed by atoms with E-state index in [0.29, 0.717) is 18.8 Å². The van der Waals surface area contributed by atoms with Crippen molar-refractivity contribution in [3.05, 3.63) is 11.9 Å². The fraction of sp³-hybridized carbons (Fsp3) is 0.615. The summed E-state index contributed by atoms with van der Waals surface area (Å²) in [5, 5.41) is 11.7. The van der Waals surface area contributed by atoms with E-state index in [0.717, 1.165) is 24.6 Å². The molecule has 0 fully saturated rings. The largest absolute Gasteiger partial charge is 0.481 e. The zero-order valence-electron chi connectivity index (χ0n) is 11.8. The number of aryl methyl sites for hydroxylation is 1. The molecular weight excluding hydrogens is 244 g/mol. The highest BCUT2D eigenvalue weighted by molar-refractivity contribution is 5.66. The van der Waals surface area contributed by atoms with Crippen LogP contribution in [0.2, 0.25) is 0 Å². The maximum absolute atomic E-state index is 10.4. The lowest BCUT2D eigenvalue weighted by Gasteiger charge is -2.18. The number of rotatable bonds is 8. The van der Waals surface area contributed by atoms with Crippen molar-refractivity contribution in [3.8, 4) is 0 Å². The van der Waals surface area contributed by atoms with E-state index in [1.54, 1.807) is 0 Å². The first-order valence-electron chi connectivity index (χ1n) is 6.55. The molecule has 1 aromatic heterocycles. The summed E-state index contributed by atoms with van der Waals surface area (Å²) in [6.45, 7) is 5.51. The summed E-state index contributed by atoms with van der Waals surface area (Å²) in [6.07, 6.45) is 1.80. The minimum absolute atomic E-state index is 0.166. The molecule has 0 amide bonds. The molecule has 0 saturated heterocycles. The molecule has 2 N–H and O–H groups in total. The lowest BCUT2D eigenvalue weighted by molar-refractivity contribution is -0.137. The Morgan fingerprint density at radius 3 is 2.84 bits per heavy atom. The van der Waals surface area contributed by atoms with Crippen molar-refractivity contribution in [2.75, 3.05) is 30.4 Å². The summed E-state index contributed by atoms with van der Waals surface area (Å²) in [6, 6.07) is 1.89. The highest BCUT2D eigenvalue weighted by Gasteiger charge is 2.06. The first-order valence-corrected chi connectivity index (χ1v) is 6.55. The first-order chi connectivity index (χ1) is 9.02. The predicted octanol–water partition coefficient (Wildman–Crippen LogP) is 1.91. The Hall–Kier alpha value is -1.85. The van der Waals surface area contributed by atoms with E-state index in [-0.39, 0.29) is 6.42 Å². The van der Waals surface area contributed by atoms with Crippen molar-refractivity contribution in [1.82, 2.24) is 9.97 Å². The third-order valence-corrected chi connectivity index (χ3v) is 2.65. The standard InChI is InChI=1S/C13H22N4O2/c1-4-8-17(3)12-9-11(15-10(2)16-12)14-7-5-6-13(18)19/h9H,4-8H2,1-3H3,(H,18,19)(H,14,15,16). The van der Waals surface area contributed by atoms with Gasteiger partial charge < -0.3 is 15.3 Å². The van der Waals surface area contributed by atoms with Gasteiger partial charge in [-0.2, -0.15) is 0 Å². The van der Waals surface area contributed by atoms with E-state index < -0.39 is 5.97 Å². The van der Waals surface area contributed by atoms with E-state index in [2.05, 4.69) is 27.1 Å². The molecule has 1 rings (SSSR count). The van der Waals surface area contributed by atoms with E-state index in [1.807, 2.05) is 20.0 Å². The molecule has 1 heterocycles. The first kappa shape index (κ1) is 15.2. The van der Waals surface area contributed by atoms with Gasteiger partial charge in [-0.1, -0.05) is 6.92 Å². The molecule has 106 valence electrons. The minimum Gasteiger partial charge on any atom is -0.481 e. The number of aromatic nitrogens is 2. The van der Waals surface area contributed by atoms with Crippen LogP contribution in [0.4, 0.5) is 11.6 Å². The van der Waals surface area contributed by atoms with Gasteiger partial charge in [0, 0.05) is 32.6 Å². The van der Waals surface area contributed by atoms with Gasteiger partial charge in [0.1, 0.15) is 17.5 Å². The Kier molecular flexibility index (Phi) is 6.05. The normalized spacial score (nSPS) is 10.3. The molecule has 0 spiro atoms. The van der Waals surface area contributed by atoms with Crippen molar-refractivity contribution in [2.24, 2.45) is 0 Å². The van der Waals surface area contributed by atoms with E-state index >= 15 is 0 Å². The monoisotopic (exact) mass is 266 g/mol. The Morgan fingerprint density at radius 1 is 1.47 bits per heavy atom. The highest BCUT2D eigenvalue weighted by Crippen LogP contribution is 2.14. The second kappa shape index (κ2) is 7.56. The minimum atomic E-state index is -0.774. The van der Waals surface area contributed by atoms with Gasteiger partial charge in [-0.15, -0.1) is 0 Å². The summed E-state index contributed by atoms with van der Waals surface area (Å²) in [5.41, 5.74) is 0. The zero-order chi connectivity index (χ0) is 14.3. The molecule has 0 aliphatic rings. The van der Waals surface area contributed by atoms with E-state index in [1.165, 1.54) is 0 Å². The lowest BCUT2D eigenvalue weighted by Crippen LogP contribution is -2.20. The number of hydrogen-bond acceptors (Lipinski definition) is 5. The number of aliphatic carboxylic acids is 1. The second-order valence-corrected chi connectivity index (χ2v) is 4.50. The van der Waals surface area contributed by atoms with Gasteiger partial charge in [0.25, 0.3) is 0 Å². The van der Waals surface area contributed by atoms with Crippen molar-refractivity contribution < 1.29 is 9.90 Å². The summed E-state index contributed by atoms with van der Waals surface area (Å²) in [5.74, 6) is 1.57. The van der Waals surface area contributed by atoms with Gasteiger partial charge in [0.05, 0.1) is 0 Å². The Morgan fingerprint density at radius 2 is 2.21 bits per heavy atom. The SMILES string of the molecule is CCCN(C)c1cc(NCCCC(=O)O)nc(C)n1. The highest BCUT2D eigenvalue weighted by atomic mass is 16.4. The smallest absolute Gasteiger partial charge is 0.303 e. The fourth-order valence-corrected chi connectivity index (χ4v) is 1.74. The molecule has 0 aliphatic heterocycles. The quantitative estimate of drug-likeness (QED) is 0.700. The van der Waals surface area contributed by atoms with Crippen LogP contribution in [0.15, 0.2) is 6.07 Å². The topological polar surface area (TPSA) is 78.4 Å². The summed E-state index contributed by atoms with van der Waals surface area (Å²) >= 11 is 0. The van der Waals surface area contributed by atoms with Crippen LogP contribution in [0.25, 0.3) is 0 Å². The number of nitrogens with zero attached hydrogens (tertiary/aromatic N) is 3. The molecule has 0 unspecified atom stereocenters. The van der Waals surface area contributed by atoms with Crippen molar-refractivity contribution >= 4 is 17.6 Å². The third-order valence-electron chi connectivity index (χ3n) is 2.65. The van der Waals surface area contributed by atoms with Gasteiger partial charge in [0.2, 0.25) is 0 Å². The van der Waals surface area contributed by atoms with Crippen molar-refractivity contribution in [2.45, 2.75) is 33.1 Å². The zero-order valence-corrected chi connectivity index (χ0v) is 11.8. The van der Waals surface area contributed by atoms with Crippen LogP contribution in [0, 0.1) is 6.92 Å². The van der Waals surface area contributed by atoms with Crippen molar-refractivity contribution in [3.63, 3.8) is 0 Å². The Bertz CT molecular complexity index is 423. The second-order valence-electron chi connectivity index (χ2n) is 4.50. The van der Waals surface area contributed by atoms with E-state index in [9.17, 15) is 4.79 Å². The number of hydrogen-bond donors (Lipinski definition) is 2. The Labute approximate surface area is 113 Å². The summed E-state index contributed by atoms with van der Waals surface area (Å²) < 4.78 is 0. The van der Waals surface area contributed by atoms with Crippen LogP contribution in [0.5, 0.6) is 0 Å². The molecule has 0 aromatic carbocycles. The van der Waals surface area contributed by atoms with Gasteiger partial charge in [-0.05, 0) is 19.8 Å². The van der Waals surface area contributed by atoms with Crippen LogP contribution >= 0.6 is 0 Å². The van der Waals surface area contributed by atoms with Gasteiger partial charge in [0.15, 0.2) is 0 Å². The molecule has 0 aliphatic carbocycles. The molecule has 1 aromatic rings. The average Bonchev–Trinajstić information content (AvgIpc) is 2.34. The summed E-state index contributed by atoms with van der Waals surface area (Å²) in [7, 11) is 2.00. The molecule has 19 heavy (non-hydrogen) atoms. The van der Waals surface area contributed by atoms with Gasteiger partial charge in [-0.3, -0.25) is 4.79 Å². The maximum Gasteiger partial charge on any atom is 0.303 e. The Balaban J connectivity index is 2.60.